The van der Waals surface area contributed by atoms with Crippen LogP contribution in [0.3, 0.4) is 0 Å². The van der Waals surface area contributed by atoms with Crippen LogP contribution >= 0.6 is 0 Å². The standard InChI is InChI=1S/C17H26N2O/c1-14(20)16-6-5-15(13-18-16)19-11-9-17(10-12-19)7-3-2-4-8-17/h5-6,13-14,20H,2-4,7-12H2,1H3. The summed E-state index contributed by atoms with van der Waals surface area (Å²) in [6.07, 6.45) is 11.3. The van der Waals surface area contributed by atoms with Crippen molar-refractivity contribution in [1.82, 2.24) is 4.98 Å². The fourth-order valence-electron chi connectivity index (χ4n) is 3.87. The second-order valence-corrected chi connectivity index (χ2v) is 6.66. The minimum Gasteiger partial charge on any atom is -0.387 e. The van der Waals surface area contributed by atoms with Crippen LogP contribution < -0.4 is 4.90 Å². The highest BCUT2D eigenvalue weighted by Gasteiger charge is 2.35. The molecular weight excluding hydrogens is 248 g/mol. The van der Waals surface area contributed by atoms with Gasteiger partial charge < -0.3 is 10.0 Å². The highest BCUT2D eigenvalue weighted by Crippen LogP contribution is 2.45. The summed E-state index contributed by atoms with van der Waals surface area (Å²) in [5.41, 5.74) is 2.62. The van der Waals surface area contributed by atoms with Gasteiger partial charge in [0, 0.05) is 13.1 Å². The number of rotatable bonds is 2. The molecule has 1 aliphatic heterocycles. The molecular formula is C17H26N2O. The van der Waals surface area contributed by atoms with Crippen molar-refractivity contribution in [2.45, 2.75) is 58.0 Å². The molecule has 1 saturated heterocycles. The van der Waals surface area contributed by atoms with Crippen molar-refractivity contribution in [2.75, 3.05) is 18.0 Å². The van der Waals surface area contributed by atoms with Gasteiger partial charge in [-0.05, 0) is 50.2 Å². The molecule has 2 aliphatic rings. The summed E-state index contributed by atoms with van der Waals surface area (Å²) in [4.78, 5) is 6.82. The Labute approximate surface area is 122 Å². The van der Waals surface area contributed by atoms with E-state index in [1.807, 2.05) is 12.3 Å². The van der Waals surface area contributed by atoms with Crippen LogP contribution in [-0.2, 0) is 0 Å². The monoisotopic (exact) mass is 274 g/mol. The number of nitrogens with zero attached hydrogens (tertiary/aromatic N) is 2. The SMILES string of the molecule is CC(O)c1ccc(N2CCC3(CCCCC3)CC2)cn1. The first-order chi connectivity index (χ1) is 9.69. The molecule has 1 aromatic rings. The van der Waals surface area contributed by atoms with Crippen LogP contribution in [0.25, 0.3) is 0 Å². The van der Waals surface area contributed by atoms with Crippen molar-refractivity contribution in [3.05, 3.63) is 24.0 Å². The van der Waals surface area contributed by atoms with E-state index in [9.17, 15) is 5.11 Å². The summed E-state index contributed by atoms with van der Waals surface area (Å²) < 4.78 is 0. The van der Waals surface area contributed by atoms with Crippen molar-refractivity contribution in [2.24, 2.45) is 5.41 Å². The summed E-state index contributed by atoms with van der Waals surface area (Å²) in [7, 11) is 0. The van der Waals surface area contributed by atoms with Crippen molar-refractivity contribution >= 4 is 5.69 Å². The zero-order chi connectivity index (χ0) is 14.0. The van der Waals surface area contributed by atoms with Gasteiger partial charge in [0.05, 0.1) is 23.7 Å². The molecule has 110 valence electrons. The van der Waals surface area contributed by atoms with Gasteiger partial charge in [0.25, 0.3) is 0 Å². The van der Waals surface area contributed by atoms with Crippen molar-refractivity contribution in [3.8, 4) is 0 Å². The molecule has 2 heterocycles. The zero-order valence-electron chi connectivity index (χ0n) is 12.5. The molecule has 1 spiro atoms. The molecule has 3 heteroatoms. The van der Waals surface area contributed by atoms with Crippen molar-refractivity contribution in [1.29, 1.82) is 0 Å². The van der Waals surface area contributed by atoms with Gasteiger partial charge in [-0.1, -0.05) is 19.3 Å². The van der Waals surface area contributed by atoms with Crippen LogP contribution in [0.5, 0.6) is 0 Å². The third-order valence-corrected chi connectivity index (χ3v) is 5.30. The minimum absolute atomic E-state index is 0.476. The number of hydrogen-bond donors (Lipinski definition) is 1. The quantitative estimate of drug-likeness (QED) is 0.893. The first-order valence-electron chi connectivity index (χ1n) is 8.08. The average Bonchev–Trinajstić information content (AvgIpc) is 2.49. The predicted molar refractivity (Wildman–Crippen MR) is 81.8 cm³/mol. The van der Waals surface area contributed by atoms with Gasteiger partial charge in [-0.15, -0.1) is 0 Å². The second-order valence-electron chi connectivity index (χ2n) is 6.66. The predicted octanol–water partition coefficient (Wildman–Crippen LogP) is 3.69. The van der Waals surface area contributed by atoms with E-state index in [1.165, 1.54) is 50.6 Å². The first kappa shape index (κ1) is 13.9. The normalized spacial score (nSPS) is 23.8. The molecule has 0 radical (unpaired) electrons. The molecule has 0 amide bonds. The lowest BCUT2D eigenvalue weighted by molar-refractivity contribution is 0.144. The molecule has 20 heavy (non-hydrogen) atoms. The zero-order valence-corrected chi connectivity index (χ0v) is 12.5. The number of piperidine rings is 1. The molecule has 1 aromatic heterocycles. The van der Waals surface area contributed by atoms with Gasteiger partial charge in [0.2, 0.25) is 0 Å². The lowest BCUT2D eigenvalue weighted by atomic mass is 9.68. The van der Waals surface area contributed by atoms with E-state index < -0.39 is 6.10 Å². The molecule has 0 bridgehead atoms. The first-order valence-corrected chi connectivity index (χ1v) is 8.08. The van der Waals surface area contributed by atoms with Crippen LogP contribution in [0.1, 0.15) is 63.7 Å². The van der Waals surface area contributed by atoms with Gasteiger partial charge in [-0.3, -0.25) is 4.98 Å². The van der Waals surface area contributed by atoms with E-state index in [2.05, 4.69) is 16.0 Å². The van der Waals surface area contributed by atoms with Crippen molar-refractivity contribution < 1.29 is 5.11 Å². The summed E-state index contributed by atoms with van der Waals surface area (Å²) in [5, 5.41) is 9.51. The Hall–Kier alpha value is -1.09. The molecule has 1 aliphatic carbocycles. The number of anilines is 1. The van der Waals surface area contributed by atoms with Gasteiger partial charge in [-0.2, -0.15) is 0 Å². The summed E-state index contributed by atoms with van der Waals surface area (Å²) in [6.45, 7) is 4.08. The van der Waals surface area contributed by atoms with E-state index in [1.54, 1.807) is 6.92 Å². The van der Waals surface area contributed by atoms with Crippen LogP contribution in [0.15, 0.2) is 18.3 Å². The van der Waals surface area contributed by atoms with Crippen LogP contribution in [0.2, 0.25) is 0 Å². The molecule has 2 fully saturated rings. The average molecular weight is 274 g/mol. The molecule has 1 atom stereocenters. The molecule has 1 unspecified atom stereocenters. The highest BCUT2D eigenvalue weighted by molar-refractivity contribution is 5.45. The number of aromatic nitrogens is 1. The summed E-state index contributed by atoms with van der Waals surface area (Å²) in [6, 6.07) is 4.05. The maximum atomic E-state index is 9.51. The number of hydrogen-bond acceptors (Lipinski definition) is 3. The van der Waals surface area contributed by atoms with Gasteiger partial charge in [0.15, 0.2) is 0 Å². The maximum absolute atomic E-state index is 9.51. The largest absolute Gasteiger partial charge is 0.387 e. The fourth-order valence-corrected chi connectivity index (χ4v) is 3.87. The molecule has 3 nitrogen and oxygen atoms in total. The second kappa shape index (κ2) is 5.72. The Morgan fingerprint density at radius 1 is 1.10 bits per heavy atom. The van der Waals surface area contributed by atoms with Gasteiger partial charge in [-0.25, -0.2) is 0 Å². The Morgan fingerprint density at radius 2 is 1.80 bits per heavy atom. The van der Waals surface area contributed by atoms with Crippen LogP contribution in [0, 0.1) is 5.41 Å². The van der Waals surface area contributed by atoms with Gasteiger partial charge in [0.1, 0.15) is 0 Å². The fraction of sp³-hybridized carbons (Fsp3) is 0.706. The highest BCUT2D eigenvalue weighted by atomic mass is 16.3. The minimum atomic E-state index is -0.476. The molecule has 1 N–H and O–H groups in total. The van der Waals surface area contributed by atoms with E-state index in [-0.39, 0.29) is 0 Å². The lowest BCUT2D eigenvalue weighted by Gasteiger charge is -2.45. The maximum Gasteiger partial charge on any atom is 0.0931 e. The van der Waals surface area contributed by atoms with E-state index in [0.29, 0.717) is 5.41 Å². The smallest absolute Gasteiger partial charge is 0.0931 e. The number of pyridine rings is 1. The Kier molecular flexibility index (Phi) is 3.97. The number of aliphatic hydroxyl groups is 1. The van der Waals surface area contributed by atoms with E-state index in [4.69, 9.17) is 0 Å². The van der Waals surface area contributed by atoms with E-state index >= 15 is 0 Å². The third-order valence-electron chi connectivity index (χ3n) is 5.30. The molecule has 0 aromatic carbocycles. The Bertz CT molecular complexity index is 425. The molecule has 1 saturated carbocycles. The third kappa shape index (κ3) is 2.83. The van der Waals surface area contributed by atoms with Crippen LogP contribution in [0.4, 0.5) is 5.69 Å². The Balaban J connectivity index is 1.62. The summed E-state index contributed by atoms with van der Waals surface area (Å²) in [5.74, 6) is 0. The topological polar surface area (TPSA) is 36.4 Å². The summed E-state index contributed by atoms with van der Waals surface area (Å²) >= 11 is 0. The van der Waals surface area contributed by atoms with Crippen molar-refractivity contribution in [3.63, 3.8) is 0 Å². The Morgan fingerprint density at radius 3 is 2.35 bits per heavy atom. The van der Waals surface area contributed by atoms with Gasteiger partial charge >= 0.3 is 0 Å². The van der Waals surface area contributed by atoms with Crippen LogP contribution in [-0.4, -0.2) is 23.2 Å². The number of aliphatic hydroxyl groups excluding tert-OH is 1. The molecule has 3 rings (SSSR count). The van der Waals surface area contributed by atoms with E-state index in [0.717, 1.165) is 18.8 Å². The lowest BCUT2D eigenvalue weighted by Crippen LogP contribution is -2.41.